The van der Waals surface area contributed by atoms with Crippen molar-refractivity contribution in [2.24, 2.45) is 0 Å². The molecule has 1 aromatic carbocycles. The summed E-state index contributed by atoms with van der Waals surface area (Å²) in [4.78, 5) is 19.1. The van der Waals surface area contributed by atoms with Gasteiger partial charge in [0, 0.05) is 18.3 Å². The van der Waals surface area contributed by atoms with Crippen LogP contribution in [0.25, 0.3) is 0 Å². The van der Waals surface area contributed by atoms with Crippen molar-refractivity contribution in [2.75, 3.05) is 16.8 Å². The van der Waals surface area contributed by atoms with E-state index < -0.39 is 0 Å². The van der Waals surface area contributed by atoms with E-state index in [4.69, 9.17) is 5.26 Å². The molecular formula is C20H22N4O. The van der Waals surface area contributed by atoms with Crippen LogP contribution in [0, 0.1) is 11.3 Å². The largest absolute Gasteiger partial charge is 0.367 e. The molecular weight excluding hydrogens is 312 g/mol. The van der Waals surface area contributed by atoms with Gasteiger partial charge in [-0.3, -0.25) is 4.79 Å². The monoisotopic (exact) mass is 334 g/mol. The lowest BCUT2D eigenvalue weighted by atomic mass is 9.99. The lowest BCUT2D eigenvalue weighted by molar-refractivity contribution is 0.102. The summed E-state index contributed by atoms with van der Waals surface area (Å²) in [6, 6.07) is 13.1. The van der Waals surface area contributed by atoms with Gasteiger partial charge in [0.1, 0.15) is 5.69 Å². The molecule has 0 bridgehead atoms. The smallest absolute Gasteiger partial charge is 0.274 e. The Morgan fingerprint density at radius 1 is 1.28 bits per heavy atom. The molecule has 128 valence electrons. The van der Waals surface area contributed by atoms with Gasteiger partial charge in [0.25, 0.3) is 5.91 Å². The zero-order valence-corrected chi connectivity index (χ0v) is 14.4. The van der Waals surface area contributed by atoms with Gasteiger partial charge in [0.2, 0.25) is 0 Å². The fourth-order valence-corrected chi connectivity index (χ4v) is 3.28. The van der Waals surface area contributed by atoms with E-state index >= 15 is 0 Å². The number of aromatic nitrogens is 1. The molecule has 1 fully saturated rings. The summed E-state index contributed by atoms with van der Waals surface area (Å²) < 4.78 is 0. The van der Waals surface area contributed by atoms with E-state index in [2.05, 4.69) is 28.2 Å². The topological polar surface area (TPSA) is 69.0 Å². The highest BCUT2D eigenvalue weighted by Crippen LogP contribution is 2.26. The Labute approximate surface area is 148 Å². The average Bonchev–Trinajstić information content (AvgIpc) is 2.68. The van der Waals surface area contributed by atoms with Crippen LogP contribution in [0.4, 0.5) is 11.4 Å². The van der Waals surface area contributed by atoms with Gasteiger partial charge < -0.3 is 10.2 Å². The second-order valence-electron chi connectivity index (χ2n) is 6.30. The fourth-order valence-electron chi connectivity index (χ4n) is 3.28. The Hall–Kier alpha value is -2.87. The molecule has 5 heteroatoms. The van der Waals surface area contributed by atoms with Crippen LogP contribution in [-0.4, -0.2) is 23.5 Å². The van der Waals surface area contributed by atoms with E-state index in [1.165, 1.54) is 19.3 Å². The standard InChI is InChI=1S/C20H22N4O/c1-2-17-5-3-4-12-24(17)18-10-11-19(22-14-18)20(25)23-16-8-6-15(13-21)7-9-16/h6-11,14,17H,2-5,12H2,1H3,(H,23,25). The molecule has 1 saturated heterocycles. The number of nitrogens with one attached hydrogen (secondary N) is 1. The molecule has 1 unspecified atom stereocenters. The number of carbonyl (C=O) groups is 1. The van der Waals surface area contributed by atoms with Crippen LogP contribution >= 0.6 is 0 Å². The Morgan fingerprint density at radius 3 is 2.72 bits per heavy atom. The van der Waals surface area contributed by atoms with E-state index in [0.29, 0.717) is 23.0 Å². The quantitative estimate of drug-likeness (QED) is 0.918. The number of rotatable bonds is 4. The van der Waals surface area contributed by atoms with Crippen molar-refractivity contribution >= 4 is 17.3 Å². The highest BCUT2D eigenvalue weighted by Gasteiger charge is 2.21. The van der Waals surface area contributed by atoms with Gasteiger partial charge in [-0.15, -0.1) is 0 Å². The molecule has 1 aliphatic rings. The van der Waals surface area contributed by atoms with E-state index in [9.17, 15) is 4.79 Å². The summed E-state index contributed by atoms with van der Waals surface area (Å²) in [6.45, 7) is 3.27. The zero-order chi connectivity index (χ0) is 17.6. The minimum Gasteiger partial charge on any atom is -0.367 e. The molecule has 0 aliphatic carbocycles. The highest BCUT2D eigenvalue weighted by atomic mass is 16.1. The second-order valence-corrected chi connectivity index (χ2v) is 6.30. The Morgan fingerprint density at radius 2 is 2.08 bits per heavy atom. The van der Waals surface area contributed by atoms with Crippen molar-refractivity contribution in [3.8, 4) is 6.07 Å². The van der Waals surface area contributed by atoms with Gasteiger partial charge in [-0.1, -0.05) is 6.92 Å². The van der Waals surface area contributed by atoms with Gasteiger partial charge >= 0.3 is 0 Å². The maximum atomic E-state index is 12.3. The van der Waals surface area contributed by atoms with Crippen LogP contribution in [-0.2, 0) is 0 Å². The molecule has 2 heterocycles. The van der Waals surface area contributed by atoms with Gasteiger partial charge in [-0.05, 0) is 62.1 Å². The lowest BCUT2D eigenvalue weighted by Crippen LogP contribution is -2.39. The molecule has 5 nitrogen and oxygen atoms in total. The highest BCUT2D eigenvalue weighted by molar-refractivity contribution is 6.02. The summed E-state index contributed by atoms with van der Waals surface area (Å²) in [5.74, 6) is -0.248. The van der Waals surface area contributed by atoms with E-state index in [1.54, 1.807) is 36.5 Å². The van der Waals surface area contributed by atoms with Crippen molar-refractivity contribution < 1.29 is 4.79 Å². The predicted molar refractivity (Wildman–Crippen MR) is 98.6 cm³/mol. The molecule has 2 aromatic rings. The molecule has 0 radical (unpaired) electrons. The van der Waals surface area contributed by atoms with Gasteiger partial charge in [0.05, 0.1) is 23.5 Å². The van der Waals surface area contributed by atoms with Gasteiger partial charge in [-0.2, -0.15) is 5.26 Å². The maximum absolute atomic E-state index is 12.3. The number of nitriles is 1. The van der Waals surface area contributed by atoms with E-state index in [-0.39, 0.29) is 5.91 Å². The zero-order valence-electron chi connectivity index (χ0n) is 14.4. The van der Waals surface area contributed by atoms with Crippen LogP contribution in [0.2, 0.25) is 0 Å². The first-order valence-electron chi connectivity index (χ1n) is 8.75. The number of nitrogens with zero attached hydrogens (tertiary/aromatic N) is 3. The van der Waals surface area contributed by atoms with Crippen molar-refractivity contribution in [2.45, 2.75) is 38.6 Å². The summed E-state index contributed by atoms with van der Waals surface area (Å²) in [7, 11) is 0. The van der Waals surface area contributed by atoms with Gasteiger partial charge in [-0.25, -0.2) is 4.98 Å². The molecule has 1 aliphatic heterocycles. The van der Waals surface area contributed by atoms with Crippen molar-refractivity contribution in [1.82, 2.24) is 4.98 Å². The fraction of sp³-hybridized carbons (Fsp3) is 0.350. The van der Waals surface area contributed by atoms with Crippen molar-refractivity contribution in [1.29, 1.82) is 5.26 Å². The van der Waals surface area contributed by atoms with Crippen LogP contribution in [0.5, 0.6) is 0 Å². The number of pyridine rings is 1. The lowest BCUT2D eigenvalue weighted by Gasteiger charge is -2.37. The number of piperidine rings is 1. The van der Waals surface area contributed by atoms with E-state index in [1.807, 2.05) is 6.07 Å². The third kappa shape index (κ3) is 3.97. The number of hydrogen-bond acceptors (Lipinski definition) is 4. The summed E-state index contributed by atoms with van der Waals surface area (Å²) in [6.07, 6.45) is 6.63. The predicted octanol–water partition coefficient (Wildman–Crippen LogP) is 3.97. The number of carbonyl (C=O) groups excluding carboxylic acids is 1. The molecule has 1 N–H and O–H groups in total. The molecule has 1 amide bonds. The minimum absolute atomic E-state index is 0.248. The Bertz CT molecular complexity index is 762. The summed E-state index contributed by atoms with van der Waals surface area (Å²) >= 11 is 0. The number of benzene rings is 1. The van der Waals surface area contributed by atoms with E-state index in [0.717, 1.165) is 18.7 Å². The first kappa shape index (κ1) is 17.0. The maximum Gasteiger partial charge on any atom is 0.274 e. The summed E-state index contributed by atoms with van der Waals surface area (Å²) in [5, 5.41) is 11.6. The Kier molecular flexibility index (Phi) is 5.30. The van der Waals surface area contributed by atoms with Crippen LogP contribution in [0.1, 0.15) is 48.7 Å². The number of anilines is 2. The molecule has 3 rings (SSSR count). The van der Waals surface area contributed by atoms with Crippen molar-refractivity contribution in [3.63, 3.8) is 0 Å². The Balaban J connectivity index is 1.68. The van der Waals surface area contributed by atoms with Crippen LogP contribution in [0.15, 0.2) is 42.6 Å². The van der Waals surface area contributed by atoms with Crippen LogP contribution < -0.4 is 10.2 Å². The average molecular weight is 334 g/mol. The molecule has 25 heavy (non-hydrogen) atoms. The first-order valence-corrected chi connectivity index (χ1v) is 8.75. The number of hydrogen-bond donors (Lipinski definition) is 1. The SMILES string of the molecule is CCC1CCCCN1c1ccc(C(=O)Nc2ccc(C#N)cc2)nc1. The third-order valence-corrected chi connectivity index (χ3v) is 4.68. The first-order chi connectivity index (χ1) is 12.2. The van der Waals surface area contributed by atoms with Crippen LogP contribution in [0.3, 0.4) is 0 Å². The van der Waals surface area contributed by atoms with Crippen molar-refractivity contribution in [3.05, 3.63) is 53.9 Å². The molecule has 1 aromatic heterocycles. The second kappa shape index (κ2) is 7.80. The number of amides is 1. The normalized spacial score (nSPS) is 17.0. The van der Waals surface area contributed by atoms with Gasteiger partial charge in [0.15, 0.2) is 0 Å². The molecule has 0 saturated carbocycles. The third-order valence-electron chi connectivity index (χ3n) is 4.68. The molecule has 0 spiro atoms. The molecule has 1 atom stereocenters. The minimum atomic E-state index is -0.248. The summed E-state index contributed by atoms with van der Waals surface area (Å²) in [5.41, 5.74) is 2.68.